The Morgan fingerprint density at radius 3 is 2.97 bits per heavy atom. The summed E-state index contributed by atoms with van der Waals surface area (Å²) in [5.74, 6) is 0.388. The van der Waals surface area contributed by atoms with Crippen LogP contribution in [0.2, 0.25) is 0 Å². The minimum atomic E-state index is -0.934. The molecule has 1 saturated heterocycles. The van der Waals surface area contributed by atoms with Gasteiger partial charge in [-0.25, -0.2) is 9.48 Å². The van der Waals surface area contributed by atoms with Gasteiger partial charge in [0.05, 0.1) is 18.4 Å². The molecule has 3 heterocycles. The second-order valence-corrected chi connectivity index (χ2v) is 7.43. The molecule has 7 nitrogen and oxygen atoms in total. The van der Waals surface area contributed by atoms with Crippen LogP contribution in [-0.2, 0) is 13.0 Å². The predicted molar refractivity (Wildman–Crippen MR) is 108 cm³/mol. The summed E-state index contributed by atoms with van der Waals surface area (Å²) < 4.78 is 7.30. The molecule has 7 heteroatoms. The first-order valence-electron chi connectivity index (χ1n) is 9.69. The van der Waals surface area contributed by atoms with Crippen LogP contribution >= 0.6 is 0 Å². The van der Waals surface area contributed by atoms with Crippen molar-refractivity contribution < 1.29 is 14.6 Å². The summed E-state index contributed by atoms with van der Waals surface area (Å²) in [4.78, 5) is 17.7. The highest BCUT2D eigenvalue weighted by Crippen LogP contribution is 2.26. The average Bonchev–Trinajstić information content (AvgIpc) is 3.40. The van der Waals surface area contributed by atoms with Crippen molar-refractivity contribution in [3.63, 3.8) is 0 Å². The maximum Gasteiger partial charge on any atom is 0.337 e. The number of nitrogens with zero attached hydrogens (tertiary/aromatic N) is 4. The second kappa shape index (κ2) is 8.45. The molecule has 3 aromatic rings. The number of carboxylic acids is 1. The molecule has 0 amide bonds. The molecule has 0 bridgehead atoms. The first kappa shape index (κ1) is 19.1. The lowest BCUT2D eigenvalue weighted by Crippen LogP contribution is -2.21. The number of carbonyl (C=O) groups is 1. The molecule has 2 aromatic heterocycles. The molecule has 0 radical (unpaired) electrons. The number of hydrogen-bond acceptors (Lipinski definition) is 5. The second-order valence-electron chi connectivity index (χ2n) is 7.43. The average molecular weight is 392 g/mol. The van der Waals surface area contributed by atoms with Crippen LogP contribution < -0.4 is 4.74 Å². The summed E-state index contributed by atoms with van der Waals surface area (Å²) in [6, 6.07) is 9.72. The van der Waals surface area contributed by atoms with E-state index in [4.69, 9.17) is 9.84 Å². The van der Waals surface area contributed by atoms with Crippen LogP contribution in [0.25, 0.3) is 5.69 Å². The van der Waals surface area contributed by atoms with Gasteiger partial charge in [-0.1, -0.05) is 0 Å². The van der Waals surface area contributed by atoms with Gasteiger partial charge in [0.2, 0.25) is 0 Å². The Kier molecular flexibility index (Phi) is 5.57. The first-order valence-corrected chi connectivity index (χ1v) is 9.69. The third-order valence-electron chi connectivity index (χ3n) is 5.37. The predicted octanol–water partition coefficient (Wildman–Crippen LogP) is 3.04. The maximum absolute atomic E-state index is 11.2. The number of benzene rings is 1. The van der Waals surface area contributed by atoms with Gasteiger partial charge < -0.3 is 9.84 Å². The fourth-order valence-electron chi connectivity index (χ4n) is 3.96. The van der Waals surface area contributed by atoms with Crippen molar-refractivity contribution in [1.82, 2.24) is 19.7 Å². The molecule has 1 N–H and O–H groups in total. The van der Waals surface area contributed by atoms with E-state index in [1.54, 1.807) is 25.6 Å². The number of aromatic nitrogens is 3. The minimum absolute atomic E-state index is 0.248. The number of carboxylic acid groups (broad SMARTS) is 1. The van der Waals surface area contributed by atoms with E-state index in [1.165, 1.54) is 11.8 Å². The molecule has 1 fully saturated rings. The number of ether oxygens (including phenoxy) is 1. The number of aromatic carboxylic acids is 1. The molecular formula is C22H24N4O3. The van der Waals surface area contributed by atoms with E-state index in [0.29, 0.717) is 5.92 Å². The number of hydrogen-bond donors (Lipinski definition) is 1. The lowest BCUT2D eigenvalue weighted by molar-refractivity contribution is 0.0696. The summed E-state index contributed by atoms with van der Waals surface area (Å²) in [6.45, 7) is 2.79. The van der Waals surface area contributed by atoms with Gasteiger partial charge in [0.1, 0.15) is 5.75 Å². The van der Waals surface area contributed by atoms with Crippen LogP contribution in [0.4, 0.5) is 0 Å². The van der Waals surface area contributed by atoms with E-state index in [-0.39, 0.29) is 5.56 Å². The van der Waals surface area contributed by atoms with Crippen molar-refractivity contribution in [3.8, 4) is 11.4 Å². The molecule has 1 aliphatic heterocycles. The zero-order valence-corrected chi connectivity index (χ0v) is 16.4. The quantitative estimate of drug-likeness (QED) is 0.666. The van der Waals surface area contributed by atoms with Gasteiger partial charge in [0, 0.05) is 37.9 Å². The number of pyridine rings is 1. The van der Waals surface area contributed by atoms with Crippen LogP contribution in [-0.4, -0.2) is 50.9 Å². The standard InChI is InChI=1S/C22H24N4O3/c1-29-20-3-4-21(26-7-2-6-24-26)19(11-20)15-25-8-5-16(14-25)9-17-10-18(22(27)28)13-23-12-17/h2-4,6-7,10-13,16H,5,8-9,14-15H2,1H3,(H,27,28). The van der Waals surface area contributed by atoms with Gasteiger partial charge in [0.15, 0.2) is 0 Å². The number of methoxy groups -OCH3 is 1. The molecular weight excluding hydrogens is 368 g/mol. The van der Waals surface area contributed by atoms with Crippen molar-refractivity contribution in [1.29, 1.82) is 0 Å². The lowest BCUT2D eigenvalue weighted by Gasteiger charge is -2.19. The smallest absolute Gasteiger partial charge is 0.337 e. The van der Waals surface area contributed by atoms with E-state index >= 15 is 0 Å². The summed E-state index contributed by atoms with van der Waals surface area (Å²) in [6.07, 6.45) is 8.81. The molecule has 0 aliphatic carbocycles. The fraction of sp³-hybridized carbons (Fsp3) is 0.318. The lowest BCUT2D eigenvalue weighted by atomic mass is 9.99. The normalized spacial score (nSPS) is 16.8. The van der Waals surface area contributed by atoms with E-state index < -0.39 is 5.97 Å². The SMILES string of the molecule is COc1ccc(-n2cccn2)c(CN2CCC(Cc3cncc(C(=O)O)c3)C2)c1. The third kappa shape index (κ3) is 4.46. The van der Waals surface area contributed by atoms with E-state index in [1.807, 2.05) is 29.1 Å². The van der Waals surface area contributed by atoms with Gasteiger partial charge in [-0.05, 0) is 66.8 Å². The monoisotopic (exact) mass is 392 g/mol. The van der Waals surface area contributed by atoms with Crippen LogP contribution in [0.1, 0.15) is 27.9 Å². The van der Waals surface area contributed by atoms with Crippen molar-refractivity contribution in [2.75, 3.05) is 20.2 Å². The van der Waals surface area contributed by atoms with Gasteiger partial charge in [0.25, 0.3) is 0 Å². The van der Waals surface area contributed by atoms with Crippen molar-refractivity contribution in [3.05, 3.63) is 71.8 Å². The van der Waals surface area contributed by atoms with Gasteiger partial charge in [-0.2, -0.15) is 5.10 Å². The van der Waals surface area contributed by atoms with E-state index in [2.05, 4.69) is 21.0 Å². The molecule has 29 heavy (non-hydrogen) atoms. The highest BCUT2D eigenvalue weighted by molar-refractivity contribution is 5.87. The molecule has 0 saturated carbocycles. The van der Waals surface area contributed by atoms with Gasteiger partial charge >= 0.3 is 5.97 Å². The summed E-state index contributed by atoms with van der Waals surface area (Å²) >= 11 is 0. The van der Waals surface area contributed by atoms with Crippen molar-refractivity contribution in [2.45, 2.75) is 19.4 Å². The molecule has 1 atom stereocenters. The van der Waals surface area contributed by atoms with Crippen molar-refractivity contribution in [2.24, 2.45) is 5.92 Å². The Morgan fingerprint density at radius 2 is 2.21 bits per heavy atom. The first-order chi connectivity index (χ1) is 14.1. The molecule has 4 rings (SSSR count). The highest BCUT2D eigenvalue weighted by atomic mass is 16.5. The number of rotatable bonds is 7. The molecule has 150 valence electrons. The molecule has 0 spiro atoms. The van der Waals surface area contributed by atoms with Crippen LogP contribution in [0, 0.1) is 5.92 Å². The summed E-state index contributed by atoms with van der Waals surface area (Å²) in [5, 5.41) is 13.5. The molecule has 1 unspecified atom stereocenters. The largest absolute Gasteiger partial charge is 0.497 e. The Hall–Kier alpha value is -3.19. The Bertz CT molecular complexity index is 987. The Balaban J connectivity index is 1.45. The van der Waals surface area contributed by atoms with Gasteiger partial charge in [-0.15, -0.1) is 0 Å². The highest BCUT2D eigenvalue weighted by Gasteiger charge is 2.24. The zero-order chi connectivity index (χ0) is 20.2. The maximum atomic E-state index is 11.2. The van der Waals surface area contributed by atoms with Gasteiger partial charge in [-0.3, -0.25) is 9.88 Å². The minimum Gasteiger partial charge on any atom is -0.497 e. The van der Waals surface area contributed by atoms with Crippen LogP contribution in [0.5, 0.6) is 5.75 Å². The Morgan fingerprint density at radius 1 is 1.31 bits per heavy atom. The topological polar surface area (TPSA) is 80.5 Å². The summed E-state index contributed by atoms with van der Waals surface area (Å²) in [7, 11) is 1.68. The van der Waals surface area contributed by atoms with E-state index in [0.717, 1.165) is 49.5 Å². The number of likely N-dealkylation sites (tertiary alicyclic amines) is 1. The fourth-order valence-corrected chi connectivity index (χ4v) is 3.96. The van der Waals surface area contributed by atoms with Crippen LogP contribution in [0.3, 0.4) is 0 Å². The van der Waals surface area contributed by atoms with Crippen molar-refractivity contribution >= 4 is 5.97 Å². The summed E-state index contributed by atoms with van der Waals surface area (Å²) in [5.41, 5.74) is 3.45. The zero-order valence-electron chi connectivity index (χ0n) is 16.4. The van der Waals surface area contributed by atoms with E-state index in [9.17, 15) is 4.79 Å². The molecule has 1 aliphatic rings. The van der Waals surface area contributed by atoms with Crippen LogP contribution in [0.15, 0.2) is 55.1 Å². The Labute approximate surface area is 169 Å². The third-order valence-corrected chi connectivity index (χ3v) is 5.37. The molecule has 1 aromatic carbocycles.